The number of para-hydroxylation sites is 2. The molecule has 0 radical (unpaired) electrons. The number of hydrogen-bond acceptors (Lipinski definition) is 6. The molecule has 3 aromatic rings. The lowest BCUT2D eigenvalue weighted by Gasteiger charge is -2.33. The number of rotatable bonds is 5. The third-order valence-corrected chi connectivity index (χ3v) is 6.14. The first-order chi connectivity index (χ1) is 14.1. The molecule has 7 nitrogen and oxygen atoms in total. The van der Waals surface area contributed by atoms with E-state index in [1.54, 1.807) is 7.11 Å². The summed E-state index contributed by atoms with van der Waals surface area (Å²) in [5, 5.41) is 12.3. The minimum atomic E-state index is -0.470. The summed E-state index contributed by atoms with van der Waals surface area (Å²) < 4.78 is 7.21. The highest BCUT2D eigenvalue weighted by Crippen LogP contribution is 2.38. The van der Waals surface area contributed by atoms with Gasteiger partial charge >= 0.3 is 0 Å². The van der Waals surface area contributed by atoms with Gasteiger partial charge in [0.15, 0.2) is 5.82 Å². The van der Waals surface area contributed by atoms with Gasteiger partial charge < -0.3 is 15.5 Å². The SMILES string of the molecule is CCc1nnc2n1N[C@H](c1ccc(Cl)cc1)[C@@H](C(=O)Nc1ccccc1OC)S2. The van der Waals surface area contributed by atoms with Crippen molar-refractivity contribution in [3.8, 4) is 5.75 Å². The summed E-state index contributed by atoms with van der Waals surface area (Å²) in [7, 11) is 1.58. The van der Waals surface area contributed by atoms with E-state index in [0.29, 0.717) is 21.6 Å². The Kier molecular flexibility index (Phi) is 5.64. The molecule has 150 valence electrons. The second kappa shape index (κ2) is 8.34. The Balaban J connectivity index is 1.68. The smallest absolute Gasteiger partial charge is 0.240 e. The molecule has 2 aromatic carbocycles. The first-order valence-corrected chi connectivity index (χ1v) is 10.4. The van der Waals surface area contributed by atoms with E-state index in [1.807, 2.05) is 60.1 Å². The molecule has 0 unspecified atom stereocenters. The number of ether oxygens (including phenoxy) is 1. The molecule has 29 heavy (non-hydrogen) atoms. The monoisotopic (exact) mass is 429 g/mol. The molecule has 4 rings (SSSR count). The molecule has 0 saturated carbocycles. The molecule has 1 aliphatic heterocycles. The number of carbonyl (C=O) groups is 1. The molecule has 1 aromatic heterocycles. The van der Waals surface area contributed by atoms with E-state index in [2.05, 4.69) is 20.9 Å². The highest BCUT2D eigenvalue weighted by atomic mass is 35.5. The zero-order valence-corrected chi connectivity index (χ0v) is 17.5. The Hall–Kier alpha value is -2.71. The van der Waals surface area contributed by atoms with E-state index in [0.717, 1.165) is 17.8 Å². The Morgan fingerprint density at radius 2 is 2.00 bits per heavy atom. The molecule has 0 bridgehead atoms. The molecule has 1 aliphatic rings. The Bertz CT molecular complexity index is 1020. The number of hydrogen-bond donors (Lipinski definition) is 2. The second-order valence-electron chi connectivity index (χ2n) is 6.47. The van der Waals surface area contributed by atoms with Crippen molar-refractivity contribution < 1.29 is 9.53 Å². The average Bonchev–Trinajstić information content (AvgIpc) is 3.16. The third kappa shape index (κ3) is 3.90. The van der Waals surface area contributed by atoms with Gasteiger partial charge in [-0.2, -0.15) is 0 Å². The predicted molar refractivity (Wildman–Crippen MR) is 114 cm³/mol. The summed E-state index contributed by atoms with van der Waals surface area (Å²) in [6.45, 7) is 2.02. The molecule has 0 fully saturated rings. The molecule has 2 heterocycles. The number of amides is 1. The van der Waals surface area contributed by atoms with E-state index in [1.165, 1.54) is 11.8 Å². The van der Waals surface area contributed by atoms with Gasteiger partial charge in [-0.05, 0) is 29.8 Å². The van der Waals surface area contributed by atoms with Crippen LogP contribution in [0.5, 0.6) is 5.75 Å². The number of thioether (sulfide) groups is 1. The highest BCUT2D eigenvalue weighted by Gasteiger charge is 2.37. The van der Waals surface area contributed by atoms with Crippen LogP contribution in [0.4, 0.5) is 5.69 Å². The van der Waals surface area contributed by atoms with Crippen molar-refractivity contribution in [3.63, 3.8) is 0 Å². The number of nitrogens with zero attached hydrogens (tertiary/aromatic N) is 3. The van der Waals surface area contributed by atoms with Gasteiger partial charge in [0.25, 0.3) is 0 Å². The number of carbonyl (C=O) groups excluding carboxylic acids is 1. The number of aryl methyl sites for hydroxylation is 1. The van der Waals surface area contributed by atoms with Crippen molar-refractivity contribution in [2.45, 2.75) is 29.8 Å². The fourth-order valence-electron chi connectivity index (χ4n) is 3.20. The van der Waals surface area contributed by atoms with Gasteiger partial charge in [0.05, 0.1) is 18.8 Å². The standard InChI is InChI=1S/C20H20ClN5O2S/c1-3-16-23-24-20-26(16)25-17(12-8-10-13(21)11-9-12)18(29-20)19(27)22-14-6-4-5-7-15(14)28-2/h4-11,17-18,25H,3H2,1-2H3,(H,22,27)/t17-,18+/m1/s1. The lowest BCUT2D eigenvalue weighted by Crippen LogP contribution is -2.41. The van der Waals surface area contributed by atoms with Crippen LogP contribution in [-0.2, 0) is 11.2 Å². The summed E-state index contributed by atoms with van der Waals surface area (Å²) in [5.41, 5.74) is 4.98. The zero-order chi connectivity index (χ0) is 20.4. The van der Waals surface area contributed by atoms with E-state index in [4.69, 9.17) is 16.3 Å². The van der Waals surface area contributed by atoms with E-state index < -0.39 is 5.25 Å². The summed E-state index contributed by atoms with van der Waals surface area (Å²) in [4.78, 5) is 13.3. The molecule has 9 heteroatoms. The normalized spacial score (nSPS) is 17.9. The molecular formula is C20H20ClN5O2S. The number of anilines is 1. The van der Waals surface area contributed by atoms with Gasteiger partial charge in [0.1, 0.15) is 11.0 Å². The molecular weight excluding hydrogens is 410 g/mol. The van der Waals surface area contributed by atoms with Crippen molar-refractivity contribution in [1.29, 1.82) is 0 Å². The number of nitrogens with one attached hydrogen (secondary N) is 2. The van der Waals surface area contributed by atoms with Crippen LogP contribution in [0.2, 0.25) is 5.02 Å². The van der Waals surface area contributed by atoms with Crippen LogP contribution in [0.15, 0.2) is 53.7 Å². The highest BCUT2D eigenvalue weighted by molar-refractivity contribution is 8.00. The number of halogens is 1. The maximum Gasteiger partial charge on any atom is 0.240 e. The van der Waals surface area contributed by atoms with Crippen molar-refractivity contribution in [1.82, 2.24) is 14.9 Å². The third-order valence-electron chi connectivity index (χ3n) is 4.67. The molecule has 1 amide bonds. The van der Waals surface area contributed by atoms with Crippen LogP contribution in [-0.4, -0.2) is 33.1 Å². The van der Waals surface area contributed by atoms with E-state index in [9.17, 15) is 4.79 Å². The van der Waals surface area contributed by atoms with Gasteiger partial charge in [-0.1, -0.05) is 54.6 Å². The maximum atomic E-state index is 13.3. The van der Waals surface area contributed by atoms with Crippen molar-refractivity contribution >= 4 is 35.0 Å². The fraction of sp³-hybridized carbons (Fsp3) is 0.250. The lowest BCUT2D eigenvalue weighted by molar-refractivity contribution is -0.116. The second-order valence-corrected chi connectivity index (χ2v) is 8.02. The number of methoxy groups -OCH3 is 1. The van der Waals surface area contributed by atoms with Gasteiger partial charge in [-0.15, -0.1) is 10.2 Å². The van der Waals surface area contributed by atoms with Crippen LogP contribution in [0, 0.1) is 0 Å². The summed E-state index contributed by atoms with van der Waals surface area (Å²) in [5.74, 6) is 1.27. The van der Waals surface area contributed by atoms with E-state index in [-0.39, 0.29) is 11.9 Å². The van der Waals surface area contributed by atoms with Gasteiger partial charge in [-0.3, -0.25) is 4.79 Å². The van der Waals surface area contributed by atoms with Crippen molar-refractivity contribution in [2.75, 3.05) is 17.9 Å². The van der Waals surface area contributed by atoms with Gasteiger partial charge in [0.2, 0.25) is 11.1 Å². The largest absolute Gasteiger partial charge is 0.495 e. The molecule has 2 N–H and O–H groups in total. The van der Waals surface area contributed by atoms with Crippen LogP contribution in [0.3, 0.4) is 0 Å². The summed E-state index contributed by atoms with van der Waals surface area (Å²) >= 11 is 7.44. The molecule has 2 atom stereocenters. The first kappa shape index (κ1) is 19.6. The van der Waals surface area contributed by atoms with Crippen LogP contribution < -0.4 is 15.5 Å². The number of fused-ring (bicyclic) bond motifs is 1. The van der Waals surface area contributed by atoms with Crippen LogP contribution in [0.1, 0.15) is 24.4 Å². The van der Waals surface area contributed by atoms with Crippen molar-refractivity contribution in [3.05, 3.63) is 64.9 Å². The molecule has 0 saturated heterocycles. The van der Waals surface area contributed by atoms with Crippen LogP contribution >= 0.6 is 23.4 Å². The molecule has 0 spiro atoms. The minimum Gasteiger partial charge on any atom is -0.495 e. The average molecular weight is 430 g/mol. The number of benzene rings is 2. The lowest BCUT2D eigenvalue weighted by atomic mass is 10.0. The quantitative estimate of drug-likeness (QED) is 0.640. The first-order valence-electron chi connectivity index (χ1n) is 9.17. The minimum absolute atomic E-state index is 0.153. The number of aromatic nitrogens is 3. The van der Waals surface area contributed by atoms with Gasteiger partial charge in [0, 0.05) is 11.4 Å². The zero-order valence-electron chi connectivity index (χ0n) is 15.9. The van der Waals surface area contributed by atoms with Crippen molar-refractivity contribution in [2.24, 2.45) is 0 Å². The van der Waals surface area contributed by atoms with Gasteiger partial charge in [-0.25, -0.2) is 4.68 Å². The Morgan fingerprint density at radius 3 is 2.72 bits per heavy atom. The summed E-state index contributed by atoms with van der Waals surface area (Å²) in [6, 6.07) is 14.5. The topological polar surface area (TPSA) is 81.1 Å². The Labute approximate surface area is 177 Å². The maximum absolute atomic E-state index is 13.3. The fourth-order valence-corrected chi connectivity index (χ4v) is 4.42. The molecule has 0 aliphatic carbocycles. The predicted octanol–water partition coefficient (Wildman–Crippen LogP) is 3.90. The van der Waals surface area contributed by atoms with E-state index >= 15 is 0 Å². The summed E-state index contributed by atoms with van der Waals surface area (Å²) in [6.07, 6.45) is 0.728. The Morgan fingerprint density at radius 1 is 1.24 bits per heavy atom. The van der Waals surface area contributed by atoms with Crippen LogP contribution in [0.25, 0.3) is 0 Å².